The fourth-order valence-corrected chi connectivity index (χ4v) is 2.23. The molecule has 0 saturated heterocycles. The van der Waals surface area contributed by atoms with Crippen molar-refractivity contribution < 1.29 is 18.1 Å². The van der Waals surface area contributed by atoms with Gasteiger partial charge in [0.1, 0.15) is 5.75 Å². The van der Waals surface area contributed by atoms with Crippen LogP contribution in [0.1, 0.15) is 0 Å². The van der Waals surface area contributed by atoms with Gasteiger partial charge in [0.25, 0.3) is 10.1 Å². The van der Waals surface area contributed by atoms with E-state index in [4.69, 9.17) is 21.3 Å². The van der Waals surface area contributed by atoms with Gasteiger partial charge in [-0.1, -0.05) is 11.6 Å². The molecule has 1 aromatic rings. The first-order valence-electron chi connectivity index (χ1n) is 2.98. The van der Waals surface area contributed by atoms with Crippen molar-refractivity contribution in [1.29, 1.82) is 0 Å². The smallest absolute Gasteiger partial charge is 0.294 e. The second-order valence-electron chi connectivity index (χ2n) is 2.21. The first-order valence-corrected chi connectivity index (χ1v) is 5.59. The zero-order valence-corrected chi connectivity index (χ0v) is 9.19. The maximum Gasteiger partial charge on any atom is 0.294 e. The monoisotopic (exact) mass is 286 g/mol. The zero-order valence-electron chi connectivity index (χ0n) is 6.03. The number of halogens is 2. The lowest BCUT2D eigenvalue weighted by Gasteiger charge is -2.02. The molecule has 0 unspecified atom stereocenters. The zero-order chi connectivity index (χ0) is 10.2. The molecule has 0 saturated carbocycles. The molecular formula is C6H4BrClO4S. The van der Waals surface area contributed by atoms with Gasteiger partial charge in [-0.2, -0.15) is 8.42 Å². The molecule has 0 amide bonds. The van der Waals surface area contributed by atoms with E-state index in [1.807, 2.05) is 0 Å². The Morgan fingerprint density at radius 1 is 1.38 bits per heavy atom. The minimum Gasteiger partial charge on any atom is -0.505 e. The van der Waals surface area contributed by atoms with E-state index in [1.165, 1.54) is 0 Å². The summed E-state index contributed by atoms with van der Waals surface area (Å²) < 4.78 is 30.0. The molecule has 0 bridgehead atoms. The Morgan fingerprint density at radius 2 is 1.92 bits per heavy atom. The number of hydrogen-bond donors (Lipinski definition) is 2. The van der Waals surface area contributed by atoms with Crippen molar-refractivity contribution in [3.63, 3.8) is 0 Å². The first-order chi connectivity index (χ1) is 5.82. The van der Waals surface area contributed by atoms with Crippen LogP contribution < -0.4 is 0 Å². The molecule has 0 aliphatic carbocycles. The van der Waals surface area contributed by atoms with E-state index in [1.54, 1.807) is 0 Å². The average molecular weight is 288 g/mol. The molecule has 0 spiro atoms. The maximum atomic E-state index is 10.6. The highest BCUT2D eigenvalue weighted by Gasteiger charge is 2.14. The quantitative estimate of drug-likeness (QED) is 0.775. The minimum absolute atomic E-state index is 0.104. The predicted octanol–water partition coefficient (Wildman–Crippen LogP) is 2.05. The molecule has 0 fully saturated rings. The predicted molar refractivity (Wildman–Crippen MR) is 50.6 cm³/mol. The van der Waals surface area contributed by atoms with Gasteiger partial charge in [0, 0.05) is 0 Å². The Balaban J connectivity index is 3.47. The molecule has 2 N–H and O–H groups in total. The lowest BCUT2D eigenvalue weighted by Crippen LogP contribution is -1.97. The van der Waals surface area contributed by atoms with Gasteiger partial charge in [-0.25, -0.2) is 0 Å². The Hall–Kier alpha value is -0.300. The van der Waals surface area contributed by atoms with Crippen molar-refractivity contribution in [2.24, 2.45) is 0 Å². The van der Waals surface area contributed by atoms with Crippen molar-refractivity contribution in [2.75, 3.05) is 0 Å². The van der Waals surface area contributed by atoms with Crippen LogP contribution in [-0.4, -0.2) is 18.1 Å². The summed E-state index contributed by atoms with van der Waals surface area (Å²) in [4.78, 5) is -0.373. The van der Waals surface area contributed by atoms with Gasteiger partial charge in [-0.3, -0.25) is 4.55 Å². The summed E-state index contributed by atoms with van der Waals surface area (Å²) in [6.45, 7) is 0. The summed E-state index contributed by atoms with van der Waals surface area (Å²) in [6.07, 6.45) is 0. The summed E-state index contributed by atoms with van der Waals surface area (Å²) in [5, 5.41) is 8.99. The van der Waals surface area contributed by atoms with Crippen LogP contribution in [0.2, 0.25) is 5.02 Å². The third kappa shape index (κ3) is 2.34. The lowest BCUT2D eigenvalue weighted by atomic mass is 10.3. The molecular weight excluding hydrogens is 283 g/mol. The molecule has 4 nitrogen and oxygen atoms in total. The van der Waals surface area contributed by atoms with E-state index in [9.17, 15) is 8.42 Å². The normalized spacial score (nSPS) is 11.6. The van der Waals surface area contributed by atoms with Crippen LogP contribution in [0, 0.1) is 0 Å². The second kappa shape index (κ2) is 3.45. The van der Waals surface area contributed by atoms with Crippen molar-refractivity contribution >= 4 is 37.6 Å². The first kappa shape index (κ1) is 10.8. The molecule has 72 valence electrons. The van der Waals surface area contributed by atoms with Crippen molar-refractivity contribution in [2.45, 2.75) is 4.90 Å². The highest BCUT2D eigenvalue weighted by Crippen LogP contribution is 2.34. The molecule has 0 aliphatic heterocycles. The summed E-state index contributed by atoms with van der Waals surface area (Å²) in [6, 6.07) is 2.01. The molecule has 1 rings (SSSR count). The SMILES string of the molecule is O=S(=O)(O)c1cc(Cl)c(O)c(Br)c1. The topological polar surface area (TPSA) is 74.6 Å². The van der Waals surface area contributed by atoms with Crippen LogP contribution in [0.25, 0.3) is 0 Å². The number of hydrogen-bond acceptors (Lipinski definition) is 3. The molecule has 1 aromatic carbocycles. The summed E-state index contributed by atoms with van der Waals surface area (Å²) in [7, 11) is -4.29. The highest BCUT2D eigenvalue weighted by molar-refractivity contribution is 9.10. The summed E-state index contributed by atoms with van der Waals surface area (Å²) >= 11 is 8.35. The fraction of sp³-hybridized carbons (Fsp3) is 0. The molecule has 7 heteroatoms. The molecule has 0 aromatic heterocycles. The van der Waals surface area contributed by atoms with E-state index < -0.39 is 10.1 Å². The van der Waals surface area contributed by atoms with E-state index in [0.29, 0.717) is 0 Å². The molecule has 0 atom stereocenters. The number of benzene rings is 1. The third-order valence-electron chi connectivity index (χ3n) is 1.29. The van der Waals surface area contributed by atoms with Crippen LogP contribution in [0.15, 0.2) is 21.5 Å². The number of rotatable bonds is 1. The van der Waals surface area contributed by atoms with E-state index in [2.05, 4.69) is 15.9 Å². The van der Waals surface area contributed by atoms with Gasteiger partial charge >= 0.3 is 0 Å². The van der Waals surface area contributed by atoms with Gasteiger partial charge < -0.3 is 5.11 Å². The maximum absolute atomic E-state index is 10.6. The van der Waals surface area contributed by atoms with Crippen LogP contribution in [0.5, 0.6) is 5.75 Å². The van der Waals surface area contributed by atoms with Crippen LogP contribution >= 0.6 is 27.5 Å². The summed E-state index contributed by atoms with van der Waals surface area (Å²) in [5.41, 5.74) is 0. The lowest BCUT2D eigenvalue weighted by molar-refractivity contribution is 0.469. The van der Waals surface area contributed by atoms with Crippen LogP contribution in [0.4, 0.5) is 0 Å². The number of phenolic OH excluding ortho intramolecular Hbond substituents is 1. The molecule has 0 heterocycles. The minimum atomic E-state index is -4.29. The van der Waals surface area contributed by atoms with Crippen LogP contribution in [0.3, 0.4) is 0 Å². The van der Waals surface area contributed by atoms with Gasteiger partial charge in [-0.15, -0.1) is 0 Å². The van der Waals surface area contributed by atoms with Crippen molar-refractivity contribution in [3.05, 3.63) is 21.6 Å². The third-order valence-corrected chi connectivity index (χ3v) is 3.01. The fourth-order valence-electron chi connectivity index (χ4n) is 0.691. The Morgan fingerprint density at radius 3 is 2.31 bits per heavy atom. The van der Waals surface area contributed by atoms with Crippen molar-refractivity contribution in [3.8, 4) is 5.75 Å². The van der Waals surface area contributed by atoms with E-state index >= 15 is 0 Å². The standard InChI is InChI=1S/C6H4BrClO4S/c7-4-1-3(13(10,11)12)2-5(8)6(4)9/h1-2,9H,(H,10,11,12). The van der Waals surface area contributed by atoms with Gasteiger partial charge in [0.05, 0.1) is 14.4 Å². The van der Waals surface area contributed by atoms with Crippen LogP contribution in [-0.2, 0) is 10.1 Å². The van der Waals surface area contributed by atoms with Gasteiger partial charge in [0.15, 0.2) is 0 Å². The molecule has 0 radical (unpaired) electrons. The number of phenols is 1. The van der Waals surface area contributed by atoms with E-state index in [-0.39, 0.29) is 20.1 Å². The highest BCUT2D eigenvalue weighted by atomic mass is 79.9. The van der Waals surface area contributed by atoms with Gasteiger partial charge in [0.2, 0.25) is 0 Å². The summed E-state index contributed by atoms with van der Waals surface area (Å²) in [5.74, 6) is -0.269. The van der Waals surface area contributed by atoms with Gasteiger partial charge in [-0.05, 0) is 28.1 Å². The van der Waals surface area contributed by atoms with Crippen molar-refractivity contribution in [1.82, 2.24) is 0 Å². The number of aromatic hydroxyl groups is 1. The Kier molecular flexibility index (Phi) is 2.86. The molecule has 0 aliphatic rings. The van der Waals surface area contributed by atoms with E-state index in [0.717, 1.165) is 12.1 Å². The second-order valence-corrected chi connectivity index (χ2v) is 4.89. The largest absolute Gasteiger partial charge is 0.505 e. The average Bonchev–Trinajstić information content (AvgIpc) is 1.97. The Bertz CT molecular complexity index is 419. The Labute approximate surface area is 88.0 Å². The molecule has 13 heavy (non-hydrogen) atoms.